The zero-order chi connectivity index (χ0) is 22.8. The first-order valence-electron chi connectivity index (χ1n) is 8.32. The topological polar surface area (TPSA) is 135 Å². The molecule has 3 aromatic carbocycles. The average Bonchev–Trinajstić information content (AvgIpc) is 2.67. The minimum atomic E-state index is -4.12. The van der Waals surface area contributed by atoms with Crippen LogP contribution < -0.4 is 9.44 Å². The van der Waals surface area contributed by atoms with Gasteiger partial charge in [0.05, 0.1) is 20.4 Å². The lowest BCUT2D eigenvalue weighted by Gasteiger charge is -2.11. The van der Waals surface area contributed by atoms with Gasteiger partial charge in [0.25, 0.3) is 25.7 Å². The van der Waals surface area contributed by atoms with Crippen molar-refractivity contribution in [2.45, 2.75) is 9.79 Å². The molecule has 0 radical (unpaired) electrons. The Kier molecular flexibility index (Phi) is 6.41. The van der Waals surface area contributed by atoms with Gasteiger partial charge in [-0.2, -0.15) is 0 Å². The number of sulfonamides is 2. The van der Waals surface area contributed by atoms with Crippen molar-refractivity contribution in [3.63, 3.8) is 0 Å². The number of hydrogen-bond acceptors (Lipinski definition) is 6. The number of halogens is 2. The van der Waals surface area contributed by atoms with Crippen molar-refractivity contribution in [3.05, 3.63) is 86.9 Å². The summed E-state index contributed by atoms with van der Waals surface area (Å²) in [4.78, 5) is 9.70. The van der Waals surface area contributed by atoms with Gasteiger partial charge in [0.2, 0.25) is 0 Å². The molecule has 162 valence electrons. The minimum absolute atomic E-state index is 0.0660. The fraction of sp³-hybridized carbons (Fsp3) is 0. The van der Waals surface area contributed by atoms with Gasteiger partial charge in [0.1, 0.15) is 0 Å². The van der Waals surface area contributed by atoms with E-state index in [0.717, 1.165) is 6.07 Å². The van der Waals surface area contributed by atoms with Crippen LogP contribution in [0.15, 0.2) is 76.5 Å². The molecule has 0 unspecified atom stereocenters. The lowest BCUT2D eigenvalue weighted by atomic mass is 10.3. The number of anilines is 2. The van der Waals surface area contributed by atoms with E-state index in [1.807, 2.05) is 0 Å². The van der Waals surface area contributed by atoms with Gasteiger partial charge >= 0.3 is 0 Å². The minimum Gasteiger partial charge on any atom is -0.280 e. The van der Waals surface area contributed by atoms with Crippen molar-refractivity contribution < 1.29 is 21.8 Å². The zero-order valence-corrected chi connectivity index (χ0v) is 18.5. The number of nitrogens with zero attached hydrogens (tertiary/aromatic N) is 1. The predicted octanol–water partition coefficient (Wildman–Crippen LogP) is 4.50. The Morgan fingerprint density at radius 2 is 1.26 bits per heavy atom. The molecule has 9 nitrogen and oxygen atoms in total. The summed E-state index contributed by atoms with van der Waals surface area (Å²) in [7, 11) is -8.12. The lowest BCUT2D eigenvalue weighted by molar-refractivity contribution is -0.385. The van der Waals surface area contributed by atoms with E-state index >= 15 is 0 Å². The van der Waals surface area contributed by atoms with Crippen molar-refractivity contribution in [2.75, 3.05) is 9.44 Å². The summed E-state index contributed by atoms with van der Waals surface area (Å²) in [6, 6.07) is 13.6. The van der Waals surface area contributed by atoms with Crippen molar-refractivity contribution in [1.29, 1.82) is 0 Å². The molecule has 2 N–H and O–H groups in total. The molecule has 13 heteroatoms. The Balaban J connectivity index is 1.81. The Labute approximate surface area is 187 Å². The van der Waals surface area contributed by atoms with Gasteiger partial charge in [-0.05, 0) is 48.5 Å². The van der Waals surface area contributed by atoms with Gasteiger partial charge < -0.3 is 0 Å². The van der Waals surface area contributed by atoms with Crippen molar-refractivity contribution in [3.8, 4) is 0 Å². The molecular weight excluding hydrogens is 489 g/mol. The third-order valence-corrected chi connectivity index (χ3v) is 7.08. The molecule has 0 aliphatic heterocycles. The first-order valence-corrected chi connectivity index (χ1v) is 12.0. The molecule has 0 atom stereocenters. The van der Waals surface area contributed by atoms with Crippen LogP contribution in [0, 0.1) is 10.1 Å². The Morgan fingerprint density at radius 1 is 0.710 bits per heavy atom. The lowest BCUT2D eigenvalue weighted by Crippen LogP contribution is -2.14. The molecule has 31 heavy (non-hydrogen) atoms. The van der Waals surface area contributed by atoms with Crippen LogP contribution >= 0.6 is 23.2 Å². The van der Waals surface area contributed by atoms with Crippen LogP contribution in [0.25, 0.3) is 0 Å². The maximum absolute atomic E-state index is 12.5. The molecule has 0 bridgehead atoms. The third kappa shape index (κ3) is 5.64. The van der Waals surface area contributed by atoms with E-state index in [4.69, 9.17) is 23.2 Å². The van der Waals surface area contributed by atoms with Crippen LogP contribution in [-0.2, 0) is 20.0 Å². The largest absolute Gasteiger partial charge is 0.280 e. The van der Waals surface area contributed by atoms with Gasteiger partial charge in [-0.1, -0.05) is 29.3 Å². The molecule has 0 aliphatic rings. The molecule has 0 spiro atoms. The van der Waals surface area contributed by atoms with Crippen molar-refractivity contribution in [1.82, 2.24) is 0 Å². The number of benzene rings is 3. The number of nitro benzene ring substituents is 1. The van der Waals surface area contributed by atoms with Crippen LogP contribution in [-0.4, -0.2) is 21.8 Å². The number of non-ortho nitro benzene ring substituents is 1. The summed E-state index contributed by atoms with van der Waals surface area (Å²) in [5.74, 6) is 0. The van der Waals surface area contributed by atoms with Crippen LogP contribution in [0.4, 0.5) is 17.1 Å². The molecule has 0 heterocycles. The zero-order valence-electron chi connectivity index (χ0n) is 15.3. The van der Waals surface area contributed by atoms with Crippen LogP contribution in [0.5, 0.6) is 0 Å². The molecule has 3 aromatic rings. The van der Waals surface area contributed by atoms with Crippen LogP contribution in [0.2, 0.25) is 10.0 Å². The Morgan fingerprint density at radius 3 is 1.84 bits per heavy atom. The van der Waals surface area contributed by atoms with Crippen LogP contribution in [0.3, 0.4) is 0 Å². The second kappa shape index (κ2) is 8.71. The van der Waals surface area contributed by atoms with Crippen molar-refractivity contribution in [2.24, 2.45) is 0 Å². The molecule has 3 rings (SSSR count). The van der Waals surface area contributed by atoms with E-state index in [2.05, 4.69) is 9.44 Å². The summed E-state index contributed by atoms with van der Waals surface area (Å²) in [5.41, 5.74) is -0.152. The molecule has 0 saturated heterocycles. The second-order valence-corrected chi connectivity index (χ2v) is 10.4. The highest BCUT2D eigenvalue weighted by atomic mass is 35.5. The van der Waals surface area contributed by atoms with Crippen molar-refractivity contribution >= 4 is 60.3 Å². The number of hydrogen-bond donors (Lipinski definition) is 2. The fourth-order valence-corrected chi connectivity index (χ4v) is 5.17. The van der Waals surface area contributed by atoms with E-state index in [9.17, 15) is 26.9 Å². The summed E-state index contributed by atoms with van der Waals surface area (Å²) in [6.45, 7) is 0. The third-order valence-electron chi connectivity index (χ3n) is 3.87. The maximum atomic E-state index is 12.5. The highest BCUT2D eigenvalue weighted by molar-refractivity contribution is 7.93. The highest BCUT2D eigenvalue weighted by Crippen LogP contribution is 2.26. The Hall–Kier alpha value is -2.86. The first-order chi connectivity index (χ1) is 14.5. The molecule has 0 aliphatic carbocycles. The summed E-state index contributed by atoms with van der Waals surface area (Å²) in [6.07, 6.45) is 0. The smallest absolute Gasteiger partial charge is 0.270 e. The van der Waals surface area contributed by atoms with Gasteiger partial charge in [0, 0.05) is 27.9 Å². The maximum Gasteiger partial charge on any atom is 0.270 e. The molecule has 0 fully saturated rings. The average molecular weight is 502 g/mol. The fourth-order valence-electron chi connectivity index (χ4n) is 2.51. The summed E-state index contributed by atoms with van der Waals surface area (Å²) < 4.78 is 54.6. The summed E-state index contributed by atoms with van der Waals surface area (Å²) >= 11 is 11.7. The highest BCUT2D eigenvalue weighted by Gasteiger charge is 2.19. The molecular formula is C18H13Cl2N3O6S2. The molecule has 0 saturated carbocycles. The van der Waals surface area contributed by atoms with Gasteiger partial charge in [-0.25, -0.2) is 16.8 Å². The van der Waals surface area contributed by atoms with Gasteiger partial charge in [0.15, 0.2) is 0 Å². The SMILES string of the molecule is O=[N+]([O-])c1cccc(S(=O)(=O)Nc2ccc(S(=O)(=O)Nc3cc(Cl)cc(Cl)c3)cc2)c1. The number of nitrogens with one attached hydrogen (secondary N) is 2. The van der Waals surface area contributed by atoms with E-state index in [-0.39, 0.29) is 36.9 Å². The number of rotatable bonds is 7. The molecule has 0 aromatic heterocycles. The molecule has 0 amide bonds. The quantitative estimate of drug-likeness (QED) is 0.361. The van der Waals surface area contributed by atoms with Gasteiger partial charge in [-0.15, -0.1) is 0 Å². The van der Waals surface area contributed by atoms with Gasteiger partial charge in [-0.3, -0.25) is 19.6 Å². The Bertz CT molecular complexity index is 1340. The van der Waals surface area contributed by atoms with E-state index in [1.54, 1.807) is 0 Å². The van der Waals surface area contributed by atoms with Crippen LogP contribution in [0.1, 0.15) is 0 Å². The van der Waals surface area contributed by atoms with E-state index in [0.29, 0.717) is 0 Å². The number of nitro groups is 1. The predicted molar refractivity (Wildman–Crippen MR) is 118 cm³/mol. The second-order valence-electron chi connectivity index (χ2n) is 6.15. The van der Waals surface area contributed by atoms with E-state index < -0.39 is 25.0 Å². The summed E-state index contributed by atoms with van der Waals surface area (Å²) in [5, 5.41) is 11.3. The standard InChI is InChI=1S/C18H13Cl2N3O6S2/c19-12-8-13(20)10-15(9-12)22-30(26,27)17-6-4-14(5-7-17)21-31(28,29)18-3-1-2-16(11-18)23(24)25/h1-11,21-22H. The monoisotopic (exact) mass is 501 g/mol. The normalized spacial score (nSPS) is 11.7. The first kappa shape index (κ1) is 22.8. The van der Waals surface area contributed by atoms with E-state index in [1.165, 1.54) is 60.7 Å².